The third kappa shape index (κ3) is 4.17. The van der Waals surface area contributed by atoms with Crippen molar-refractivity contribution in [2.24, 2.45) is 11.8 Å². The van der Waals surface area contributed by atoms with E-state index < -0.39 is 0 Å². The molecule has 2 fully saturated rings. The van der Waals surface area contributed by atoms with Gasteiger partial charge in [-0.3, -0.25) is 0 Å². The molecule has 1 aliphatic carbocycles. The molecule has 3 unspecified atom stereocenters. The van der Waals surface area contributed by atoms with Gasteiger partial charge in [0.1, 0.15) is 0 Å². The van der Waals surface area contributed by atoms with Gasteiger partial charge in [0, 0.05) is 24.7 Å². The topological polar surface area (TPSA) is 35.5 Å². The van der Waals surface area contributed by atoms with Gasteiger partial charge in [0.2, 0.25) is 0 Å². The molecule has 19 heavy (non-hydrogen) atoms. The van der Waals surface area contributed by atoms with E-state index in [9.17, 15) is 5.11 Å². The monoisotopic (exact) mass is 268 g/mol. The van der Waals surface area contributed by atoms with E-state index in [1.165, 1.54) is 38.9 Å². The minimum absolute atomic E-state index is 0.0158. The van der Waals surface area contributed by atoms with Crippen LogP contribution in [0, 0.1) is 11.8 Å². The molecule has 1 heterocycles. The second kappa shape index (κ2) is 6.55. The Hall–Kier alpha value is -0.120. The second-order valence-electron chi connectivity index (χ2n) is 7.03. The zero-order chi connectivity index (χ0) is 13.9. The van der Waals surface area contributed by atoms with E-state index in [2.05, 4.69) is 31.0 Å². The predicted octanol–water partition coefficient (Wildman–Crippen LogP) is 2.25. The predicted molar refractivity (Wildman–Crippen MR) is 80.3 cm³/mol. The van der Waals surface area contributed by atoms with Gasteiger partial charge in [-0.15, -0.1) is 0 Å². The summed E-state index contributed by atoms with van der Waals surface area (Å²) in [6, 6.07) is 0.680. The van der Waals surface area contributed by atoms with E-state index in [1.54, 1.807) is 0 Å². The van der Waals surface area contributed by atoms with Crippen molar-refractivity contribution in [3.63, 3.8) is 0 Å². The molecule has 112 valence electrons. The minimum atomic E-state index is -0.0158. The molecule has 1 saturated heterocycles. The summed E-state index contributed by atoms with van der Waals surface area (Å²) in [6.45, 7) is 10.9. The van der Waals surface area contributed by atoms with Gasteiger partial charge in [-0.25, -0.2) is 0 Å². The first-order chi connectivity index (χ1) is 9.08. The molecule has 3 atom stereocenters. The molecule has 3 nitrogen and oxygen atoms in total. The maximum Gasteiger partial charge on any atom is 0.0613 e. The Bertz CT molecular complexity index is 264. The lowest BCUT2D eigenvalue weighted by atomic mass is 9.91. The summed E-state index contributed by atoms with van der Waals surface area (Å²) >= 11 is 0. The van der Waals surface area contributed by atoms with Crippen molar-refractivity contribution in [3.05, 3.63) is 0 Å². The van der Waals surface area contributed by atoms with Crippen molar-refractivity contribution in [2.75, 3.05) is 26.2 Å². The van der Waals surface area contributed by atoms with E-state index >= 15 is 0 Å². The largest absolute Gasteiger partial charge is 0.394 e. The highest BCUT2D eigenvalue weighted by Crippen LogP contribution is 2.28. The first-order valence-electron chi connectivity index (χ1n) is 8.19. The number of hydrogen-bond donors (Lipinski definition) is 2. The summed E-state index contributed by atoms with van der Waals surface area (Å²) in [4.78, 5) is 2.60. The highest BCUT2D eigenvalue weighted by molar-refractivity contribution is 4.94. The van der Waals surface area contributed by atoms with Gasteiger partial charge < -0.3 is 15.3 Å². The number of nitrogens with zero attached hydrogens (tertiary/aromatic N) is 1. The van der Waals surface area contributed by atoms with Crippen LogP contribution < -0.4 is 5.32 Å². The fraction of sp³-hybridized carbons (Fsp3) is 1.00. The zero-order valence-corrected chi connectivity index (χ0v) is 13.0. The molecule has 0 amide bonds. The SMILES string of the molecule is CCC(CO)(CCCN1CC(C)C(C)C1)NC1CC1. The lowest BCUT2D eigenvalue weighted by Gasteiger charge is -2.33. The van der Waals surface area contributed by atoms with Crippen molar-refractivity contribution >= 4 is 0 Å². The number of likely N-dealkylation sites (tertiary alicyclic amines) is 1. The van der Waals surface area contributed by atoms with Crippen LogP contribution in [-0.2, 0) is 0 Å². The van der Waals surface area contributed by atoms with Gasteiger partial charge in [0.25, 0.3) is 0 Å². The van der Waals surface area contributed by atoms with E-state index in [0.717, 1.165) is 24.7 Å². The third-order valence-electron chi connectivity index (χ3n) is 5.26. The molecule has 0 aromatic carbocycles. The standard InChI is InChI=1S/C16H32N2O/c1-4-16(12-19,17-15-6-7-15)8-5-9-18-10-13(2)14(3)11-18/h13-15,17,19H,4-12H2,1-3H3. The van der Waals surface area contributed by atoms with Crippen LogP contribution in [0.5, 0.6) is 0 Å². The summed E-state index contributed by atoms with van der Waals surface area (Å²) in [5, 5.41) is 13.4. The number of aliphatic hydroxyl groups excluding tert-OH is 1. The Labute approximate surface area is 118 Å². The Kier molecular flexibility index (Phi) is 5.27. The van der Waals surface area contributed by atoms with E-state index in [4.69, 9.17) is 0 Å². The maximum absolute atomic E-state index is 9.75. The van der Waals surface area contributed by atoms with Crippen molar-refractivity contribution in [1.82, 2.24) is 10.2 Å². The van der Waals surface area contributed by atoms with Gasteiger partial charge >= 0.3 is 0 Å². The smallest absolute Gasteiger partial charge is 0.0613 e. The van der Waals surface area contributed by atoms with Gasteiger partial charge in [0.05, 0.1) is 6.61 Å². The molecular formula is C16H32N2O. The van der Waals surface area contributed by atoms with Crippen LogP contribution in [0.1, 0.15) is 52.9 Å². The van der Waals surface area contributed by atoms with Crippen LogP contribution >= 0.6 is 0 Å². The van der Waals surface area contributed by atoms with Gasteiger partial charge in [-0.2, -0.15) is 0 Å². The molecule has 3 heteroatoms. The average Bonchev–Trinajstić information content (AvgIpc) is 3.15. The van der Waals surface area contributed by atoms with Crippen LogP contribution in [-0.4, -0.2) is 47.8 Å². The first-order valence-corrected chi connectivity index (χ1v) is 8.19. The van der Waals surface area contributed by atoms with Gasteiger partial charge in [-0.05, 0) is 50.5 Å². The number of hydrogen-bond acceptors (Lipinski definition) is 3. The Morgan fingerprint density at radius 3 is 2.32 bits per heavy atom. The summed E-state index contributed by atoms with van der Waals surface area (Å²) < 4.78 is 0. The summed E-state index contributed by atoms with van der Waals surface area (Å²) in [7, 11) is 0. The summed E-state index contributed by atoms with van der Waals surface area (Å²) in [5.41, 5.74) is -0.0158. The van der Waals surface area contributed by atoms with Gasteiger partial charge in [-0.1, -0.05) is 20.8 Å². The van der Waals surface area contributed by atoms with Crippen molar-refractivity contribution in [2.45, 2.75) is 64.5 Å². The molecule has 0 spiro atoms. The third-order valence-corrected chi connectivity index (χ3v) is 5.26. The molecular weight excluding hydrogens is 236 g/mol. The van der Waals surface area contributed by atoms with Crippen LogP contribution in [0.3, 0.4) is 0 Å². The first kappa shape index (κ1) is 15.3. The maximum atomic E-state index is 9.75. The molecule has 1 saturated carbocycles. The zero-order valence-electron chi connectivity index (χ0n) is 13.0. The van der Waals surface area contributed by atoms with Crippen LogP contribution in [0.4, 0.5) is 0 Å². The molecule has 2 aliphatic rings. The molecule has 0 aromatic rings. The molecule has 0 aromatic heterocycles. The van der Waals surface area contributed by atoms with E-state index in [1.807, 2.05) is 0 Å². The Morgan fingerprint density at radius 1 is 1.21 bits per heavy atom. The number of aliphatic hydroxyl groups is 1. The van der Waals surface area contributed by atoms with Crippen LogP contribution in [0.25, 0.3) is 0 Å². The van der Waals surface area contributed by atoms with Crippen molar-refractivity contribution in [3.8, 4) is 0 Å². The molecule has 1 aliphatic heterocycles. The molecule has 0 radical (unpaired) electrons. The van der Waals surface area contributed by atoms with Gasteiger partial charge in [0.15, 0.2) is 0 Å². The summed E-state index contributed by atoms with van der Waals surface area (Å²) in [6.07, 6.45) is 5.93. The van der Waals surface area contributed by atoms with Crippen LogP contribution in [0.15, 0.2) is 0 Å². The molecule has 2 rings (SSSR count). The number of nitrogens with one attached hydrogen (secondary N) is 1. The highest BCUT2D eigenvalue weighted by atomic mass is 16.3. The quantitative estimate of drug-likeness (QED) is 0.709. The van der Waals surface area contributed by atoms with E-state index in [0.29, 0.717) is 6.04 Å². The van der Waals surface area contributed by atoms with Crippen molar-refractivity contribution in [1.29, 1.82) is 0 Å². The summed E-state index contributed by atoms with van der Waals surface area (Å²) in [5.74, 6) is 1.69. The fourth-order valence-corrected chi connectivity index (χ4v) is 3.32. The fourth-order valence-electron chi connectivity index (χ4n) is 3.32. The lowest BCUT2D eigenvalue weighted by Crippen LogP contribution is -2.49. The highest BCUT2D eigenvalue weighted by Gasteiger charge is 2.34. The lowest BCUT2D eigenvalue weighted by molar-refractivity contribution is 0.137. The number of rotatable bonds is 8. The molecule has 0 bridgehead atoms. The Balaban J connectivity index is 1.72. The second-order valence-corrected chi connectivity index (χ2v) is 7.03. The minimum Gasteiger partial charge on any atom is -0.394 e. The van der Waals surface area contributed by atoms with Crippen LogP contribution in [0.2, 0.25) is 0 Å². The average molecular weight is 268 g/mol. The van der Waals surface area contributed by atoms with E-state index in [-0.39, 0.29) is 12.1 Å². The Morgan fingerprint density at radius 2 is 1.84 bits per heavy atom. The normalized spacial score (nSPS) is 31.6. The molecule has 2 N–H and O–H groups in total. The van der Waals surface area contributed by atoms with Crippen molar-refractivity contribution < 1.29 is 5.11 Å².